The van der Waals surface area contributed by atoms with Crippen molar-refractivity contribution in [3.63, 3.8) is 0 Å². The zero-order valence-corrected chi connectivity index (χ0v) is 18.4. The van der Waals surface area contributed by atoms with Gasteiger partial charge in [-0.25, -0.2) is 26.3 Å². The number of nitrogens with zero attached hydrogens (tertiary/aromatic N) is 4. The second-order valence-electron chi connectivity index (χ2n) is 6.84. The minimum Gasteiger partial charge on any atom is -0.495 e. The molecule has 0 radical (unpaired) electrons. The molecule has 4 rings (SSSR count). The molecule has 0 bridgehead atoms. The highest BCUT2D eigenvalue weighted by Crippen LogP contribution is 2.30. The van der Waals surface area contributed by atoms with Crippen LogP contribution in [0.3, 0.4) is 0 Å². The first kappa shape index (κ1) is 22.7. The lowest BCUT2D eigenvalue weighted by atomic mass is 10.2. The van der Waals surface area contributed by atoms with E-state index in [2.05, 4.69) is 15.3 Å². The number of aromatic nitrogens is 4. The van der Waals surface area contributed by atoms with E-state index in [1.807, 2.05) is 0 Å². The van der Waals surface area contributed by atoms with Crippen LogP contribution in [0, 0.1) is 17.5 Å². The molecular formula is C21H14ClF3N4O3S. The molecule has 2 aromatic carbocycles. The van der Waals surface area contributed by atoms with Gasteiger partial charge in [0.2, 0.25) is 0 Å². The van der Waals surface area contributed by atoms with Crippen LogP contribution in [-0.4, -0.2) is 35.5 Å². The molecule has 0 spiro atoms. The van der Waals surface area contributed by atoms with Crippen molar-refractivity contribution < 1.29 is 26.3 Å². The summed E-state index contributed by atoms with van der Waals surface area (Å²) in [6.07, 6.45) is 4.36. The minimum atomic E-state index is -4.55. The van der Waals surface area contributed by atoms with Gasteiger partial charge in [0.25, 0.3) is 0 Å². The summed E-state index contributed by atoms with van der Waals surface area (Å²) in [5.74, 6) is -4.08. The normalized spacial score (nSPS) is 11.5. The molecule has 0 aliphatic rings. The van der Waals surface area contributed by atoms with E-state index < -0.39 is 37.9 Å². The Morgan fingerprint density at radius 1 is 1.09 bits per heavy atom. The Balaban J connectivity index is 1.73. The molecule has 0 aliphatic carbocycles. The van der Waals surface area contributed by atoms with Crippen LogP contribution in [0.2, 0.25) is 5.02 Å². The summed E-state index contributed by atoms with van der Waals surface area (Å²) in [6, 6.07) is 6.68. The van der Waals surface area contributed by atoms with Crippen molar-refractivity contribution in [1.82, 2.24) is 20.0 Å². The van der Waals surface area contributed by atoms with E-state index in [4.69, 9.17) is 16.3 Å². The standard InChI is InChI=1S/C21H14ClF3N4O3S/c1-32-14-7-13(8-26-9-14)18-10-29(28-27-18)20-15(22)6-5-12(19(20)25)11-33(30,31)21-16(23)3-2-4-17(21)24/h2-10H,11H2,1H3. The van der Waals surface area contributed by atoms with E-state index in [-0.39, 0.29) is 16.3 Å². The van der Waals surface area contributed by atoms with Gasteiger partial charge >= 0.3 is 0 Å². The van der Waals surface area contributed by atoms with Crippen LogP contribution >= 0.6 is 11.6 Å². The summed E-state index contributed by atoms with van der Waals surface area (Å²) in [5, 5.41) is 7.76. The van der Waals surface area contributed by atoms with E-state index in [9.17, 15) is 17.2 Å². The van der Waals surface area contributed by atoms with Crippen molar-refractivity contribution in [3.8, 4) is 22.7 Å². The Kier molecular flexibility index (Phi) is 6.09. The Morgan fingerprint density at radius 3 is 2.52 bits per heavy atom. The maximum absolute atomic E-state index is 15.3. The Labute approximate surface area is 191 Å². The topological polar surface area (TPSA) is 87.0 Å². The van der Waals surface area contributed by atoms with Gasteiger partial charge in [0.15, 0.2) is 15.7 Å². The molecule has 7 nitrogen and oxygen atoms in total. The predicted molar refractivity (Wildman–Crippen MR) is 113 cm³/mol. The van der Waals surface area contributed by atoms with Gasteiger partial charge in [-0.15, -0.1) is 5.10 Å². The average Bonchev–Trinajstić information content (AvgIpc) is 3.25. The summed E-state index contributed by atoms with van der Waals surface area (Å²) in [7, 11) is -3.08. The van der Waals surface area contributed by atoms with Crippen LogP contribution < -0.4 is 4.74 Å². The fraction of sp³-hybridized carbons (Fsp3) is 0.0952. The molecule has 0 saturated carbocycles. The third-order valence-electron chi connectivity index (χ3n) is 4.69. The first-order valence-electron chi connectivity index (χ1n) is 9.27. The molecule has 0 aliphatic heterocycles. The van der Waals surface area contributed by atoms with Gasteiger partial charge in [-0.05, 0) is 24.3 Å². The van der Waals surface area contributed by atoms with Crippen LogP contribution in [-0.2, 0) is 15.6 Å². The average molecular weight is 495 g/mol. The number of methoxy groups -OCH3 is 1. The second-order valence-corrected chi connectivity index (χ2v) is 9.17. The maximum atomic E-state index is 15.3. The number of ether oxygens (including phenoxy) is 1. The highest BCUT2D eigenvalue weighted by atomic mass is 35.5. The van der Waals surface area contributed by atoms with Crippen LogP contribution in [0.4, 0.5) is 13.2 Å². The van der Waals surface area contributed by atoms with Crippen molar-refractivity contribution in [3.05, 3.63) is 83.0 Å². The molecule has 0 amide bonds. The zero-order valence-electron chi connectivity index (χ0n) is 16.8. The molecule has 170 valence electrons. The lowest BCUT2D eigenvalue weighted by Gasteiger charge is -2.11. The smallest absolute Gasteiger partial charge is 0.188 e. The van der Waals surface area contributed by atoms with Crippen molar-refractivity contribution in [1.29, 1.82) is 0 Å². The van der Waals surface area contributed by atoms with E-state index in [0.717, 1.165) is 28.9 Å². The maximum Gasteiger partial charge on any atom is 0.188 e. The molecule has 0 fully saturated rings. The summed E-state index contributed by atoms with van der Waals surface area (Å²) < 4.78 is 74.8. The van der Waals surface area contributed by atoms with Gasteiger partial charge in [0, 0.05) is 17.3 Å². The van der Waals surface area contributed by atoms with Gasteiger partial charge in [-0.1, -0.05) is 28.9 Å². The van der Waals surface area contributed by atoms with E-state index in [1.54, 1.807) is 6.07 Å². The minimum absolute atomic E-state index is 0.0778. The molecule has 33 heavy (non-hydrogen) atoms. The van der Waals surface area contributed by atoms with E-state index in [0.29, 0.717) is 17.0 Å². The van der Waals surface area contributed by atoms with Crippen LogP contribution in [0.5, 0.6) is 5.75 Å². The van der Waals surface area contributed by atoms with Crippen LogP contribution in [0.25, 0.3) is 16.9 Å². The largest absolute Gasteiger partial charge is 0.495 e. The quantitative estimate of drug-likeness (QED) is 0.395. The van der Waals surface area contributed by atoms with Gasteiger partial charge < -0.3 is 4.74 Å². The summed E-state index contributed by atoms with van der Waals surface area (Å²) >= 11 is 6.15. The summed E-state index contributed by atoms with van der Waals surface area (Å²) in [4.78, 5) is 2.89. The molecule has 4 aromatic rings. The van der Waals surface area contributed by atoms with Crippen LogP contribution in [0.15, 0.2) is 59.9 Å². The molecular weight excluding hydrogens is 481 g/mol. The lowest BCUT2D eigenvalue weighted by molar-refractivity contribution is 0.413. The van der Waals surface area contributed by atoms with Crippen molar-refractivity contribution in [2.24, 2.45) is 0 Å². The summed E-state index contributed by atoms with van der Waals surface area (Å²) in [5.41, 5.74) is 0.235. The van der Waals surface area contributed by atoms with E-state index in [1.165, 1.54) is 31.8 Å². The molecule has 2 aromatic heterocycles. The van der Waals surface area contributed by atoms with Crippen LogP contribution in [0.1, 0.15) is 5.56 Å². The highest BCUT2D eigenvalue weighted by molar-refractivity contribution is 7.90. The van der Waals surface area contributed by atoms with E-state index >= 15 is 4.39 Å². The van der Waals surface area contributed by atoms with Crippen molar-refractivity contribution in [2.75, 3.05) is 7.11 Å². The number of hydrogen-bond donors (Lipinski definition) is 0. The molecule has 12 heteroatoms. The fourth-order valence-electron chi connectivity index (χ4n) is 3.14. The SMILES string of the molecule is COc1cncc(-c2cn(-c3c(Cl)ccc(CS(=O)(=O)c4c(F)cccc4F)c3F)nn2)c1. The van der Waals surface area contributed by atoms with Crippen molar-refractivity contribution in [2.45, 2.75) is 10.6 Å². The first-order valence-corrected chi connectivity index (χ1v) is 11.3. The third kappa shape index (κ3) is 4.41. The number of sulfone groups is 1. The van der Waals surface area contributed by atoms with Crippen molar-refractivity contribution >= 4 is 21.4 Å². The predicted octanol–water partition coefficient (Wildman–Crippen LogP) is 4.38. The Morgan fingerprint density at radius 2 is 1.82 bits per heavy atom. The first-order chi connectivity index (χ1) is 15.7. The van der Waals surface area contributed by atoms with Gasteiger partial charge in [0.05, 0.1) is 30.3 Å². The third-order valence-corrected chi connectivity index (χ3v) is 6.70. The lowest BCUT2D eigenvalue weighted by Crippen LogP contribution is -2.12. The molecule has 0 N–H and O–H groups in total. The van der Waals surface area contributed by atoms with Gasteiger partial charge in [-0.3, -0.25) is 4.98 Å². The van der Waals surface area contributed by atoms with Gasteiger partial charge in [-0.2, -0.15) is 0 Å². The highest BCUT2D eigenvalue weighted by Gasteiger charge is 2.27. The number of halogens is 4. The molecule has 0 unspecified atom stereocenters. The molecule has 2 heterocycles. The zero-order chi connectivity index (χ0) is 23.8. The van der Waals surface area contributed by atoms with Gasteiger partial charge in [0.1, 0.15) is 33.7 Å². The second kappa shape index (κ2) is 8.83. The summed E-state index contributed by atoms with van der Waals surface area (Å²) in [6.45, 7) is 0. The number of pyridine rings is 1. The Hall–Kier alpha value is -3.44. The number of hydrogen-bond acceptors (Lipinski definition) is 6. The molecule has 0 saturated heterocycles. The number of rotatable bonds is 6. The number of benzene rings is 2. The molecule has 0 atom stereocenters. The Bertz CT molecular complexity index is 1440. The monoisotopic (exact) mass is 494 g/mol. The fourth-order valence-corrected chi connectivity index (χ4v) is 4.88.